The van der Waals surface area contributed by atoms with Crippen molar-refractivity contribution in [3.63, 3.8) is 0 Å². The first-order valence-electron chi connectivity index (χ1n) is 4.92. The Kier molecular flexibility index (Phi) is 1.84. The second-order valence-electron chi connectivity index (χ2n) is 3.79. The van der Waals surface area contributed by atoms with Gasteiger partial charge in [0.1, 0.15) is 0 Å². The highest BCUT2D eigenvalue weighted by molar-refractivity contribution is 8.03. The summed E-state index contributed by atoms with van der Waals surface area (Å²) in [6.45, 7) is 0. The zero-order valence-electron chi connectivity index (χ0n) is 7.49. The van der Waals surface area contributed by atoms with Crippen LogP contribution in [0.1, 0.15) is 12.8 Å². The third kappa shape index (κ3) is 1.29. The molecule has 0 saturated carbocycles. The van der Waals surface area contributed by atoms with Gasteiger partial charge in [0.2, 0.25) is 0 Å². The Labute approximate surface area is 83.0 Å². The predicted octanol–water partition coefficient (Wildman–Crippen LogP) is 2.23. The van der Waals surface area contributed by atoms with Crippen LogP contribution in [-0.4, -0.2) is 17.8 Å². The molecule has 0 aromatic heterocycles. The fraction of sp³-hybridized carbons (Fsp3) is 0.455. The second-order valence-corrected chi connectivity index (χ2v) is 4.95. The monoisotopic (exact) mass is 191 g/mol. The van der Waals surface area contributed by atoms with E-state index in [9.17, 15) is 0 Å². The number of fused-ring (bicyclic) bond motifs is 2. The number of hydrogen-bond acceptors (Lipinski definition) is 2. The Hall–Kier alpha value is -0.470. The largest absolute Gasteiger partial charge is 0.299 e. The minimum absolute atomic E-state index is 0.507. The summed E-state index contributed by atoms with van der Waals surface area (Å²) in [6.07, 6.45) is 11.7. The first-order chi connectivity index (χ1) is 6.43. The van der Waals surface area contributed by atoms with Crippen LogP contribution >= 0.6 is 11.8 Å². The molecule has 1 saturated heterocycles. The minimum Gasteiger partial charge on any atom is -0.299 e. The summed E-state index contributed by atoms with van der Waals surface area (Å²) in [6, 6.07) is 1.15. The molecule has 0 bridgehead atoms. The molecular weight excluding hydrogens is 178 g/mol. The molecule has 0 aromatic rings. The summed E-state index contributed by atoms with van der Waals surface area (Å²) in [7, 11) is 0. The van der Waals surface area contributed by atoms with Crippen molar-refractivity contribution in [3.8, 4) is 0 Å². The summed E-state index contributed by atoms with van der Waals surface area (Å²) < 4.78 is 0. The van der Waals surface area contributed by atoms with Crippen molar-refractivity contribution in [2.75, 3.05) is 5.75 Å². The average Bonchev–Trinajstić information content (AvgIpc) is 2.61. The predicted molar refractivity (Wildman–Crippen MR) is 57.7 cm³/mol. The van der Waals surface area contributed by atoms with Crippen molar-refractivity contribution < 1.29 is 0 Å². The molecule has 0 spiro atoms. The number of nitrogens with one attached hydrogen (secondary N) is 1. The molecule has 1 fully saturated rings. The van der Waals surface area contributed by atoms with Crippen molar-refractivity contribution in [3.05, 3.63) is 34.8 Å². The molecule has 1 N–H and O–H groups in total. The van der Waals surface area contributed by atoms with E-state index < -0.39 is 0 Å². The Balaban J connectivity index is 1.93. The third-order valence-corrected chi connectivity index (χ3v) is 4.12. The van der Waals surface area contributed by atoms with Gasteiger partial charge in [-0.2, -0.15) is 0 Å². The lowest BCUT2D eigenvalue weighted by Gasteiger charge is -2.33. The lowest BCUT2D eigenvalue weighted by atomic mass is 10.00. The quantitative estimate of drug-likeness (QED) is 0.630. The molecule has 13 heavy (non-hydrogen) atoms. The Bertz CT molecular complexity index is 314. The van der Waals surface area contributed by atoms with E-state index in [0.29, 0.717) is 12.1 Å². The Morgan fingerprint density at radius 1 is 1.46 bits per heavy atom. The molecule has 68 valence electrons. The van der Waals surface area contributed by atoms with Gasteiger partial charge in [-0.25, -0.2) is 0 Å². The molecule has 2 aliphatic heterocycles. The van der Waals surface area contributed by atoms with Gasteiger partial charge in [0.05, 0.1) is 6.04 Å². The zero-order chi connectivity index (χ0) is 8.67. The first kappa shape index (κ1) is 7.89. The summed E-state index contributed by atoms with van der Waals surface area (Å²) in [4.78, 5) is 1.55. The van der Waals surface area contributed by atoms with E-state index in [1.165, 1.54) is 24.2 Å². The Morgan fingerprint density at radius 3 is 3.46 bits per heavy atom. The van der Waals surface area contributed by atoms with Gasteiger partial charge in [-0.1, -0.05) is 18.2 Å². The van der Waals surface area contributed by atoms with E-state index >= 15 is 0 Å². The van der Waals surface area contributed by atoms with E-state index in [-0.39, 0.29) is 0 Å². The maximum absolute atomic E-state index is 3.67. The molecule has 0 amide bonds. The summed E-state index contributed by atoms with van der Waals surface area (Å²) >= 11 is 2.03. The van der Waals surface area contributed by atoms with Crippen LogP contribution in [0.25, 0.3) is 0 Å². The summed E-state index contributed by atoms with van der Waals surface area (Å²) in [5.74, 6) is 1.30. The molecule has 0 aromatic carbocycles. The molecule has 3 aliphatic rings. The topological polar surface area (TPSA) is 12.0 Å². The highest BCUT2D eigenvalue weighted by atomic mass is 32.2. The normalized spacial score (nSPS) is 36.3. The van der Waals surface area contributed by atoms with Gasteiger partial charge in [-0.15, -0.1) is 11.8 Å². The van der Waals surface area contributed by atoms with E-state index in [0.717, 1.165) is 0 Å². The molecule has 1 aliphatic carbocycles. The average molecular weight is 191 g/mol. The van der Waals surface area contributed by atoms with Crippen LogP contribution in [0.2, 0.25) is 0 Å². The van der Waals surface area contributed by atoms with E-state index in [1.54, 1.807) is 4.91 Å². The van der Waals surface area contributed by atoms with Crippen molar-refractivity contribution in [1.29, 1.82) is 0 Å². The van der Waals surface area contributed by atoms with Gasteiger partial charge in [0.15, 0.2) is 0 Å². The van der Waals surface area contributed by atoms with Crippen LogP contribution in [-0.2, 0) is 0 Å². The van der Waals surface area contributed by atoms with E-state index in [4.69, 9.17) is 0 Å². The van der Waals surface area contributed by atoms with Crippen molar-refractivity contribution in [1.82, 2.24) is 5.32 Å². The van der Waals surface area contributed by atoms with Gasteiger partial charge in [0, 0.05) is 10.9 Å². The Morgan fingerprint density at radius 2 is 2.46 bits per heavy atom. The number of hydrogen-bond donors (Lipinski definition) is 1. The lowest BCUT2D eigenvalue weighted by Crippen LogP contribution is -2.42. The van der Waals surface area contributed by atoms with Gasteiger partial charge in [0.25, 0.3) is 0 Å². The van der Waals surface area contributed by atoms with Crippen LogP contribution in [0.4, 0.5) is 0 Å². The molecule has 1 nitrogen and oxygen atoms in total. The molecule has 0 radical (unpaired) electrons. The van der Waals surface area contributed by atoms with Crippen LogP contribution in [0.5, 0.6) is 0 Å². The zero-order valence-corrected chi connectivity index (χ0v) is 8.31. The van der Waals surface area contributed by atoms with Crippen LogP contribution in [0, 0.1) is 0 Å². The maximum Gasteiger partial charge on any atom is 0.0514 e. The molecule has 2 heterocycles. The van der Waals surface area contributed by atoms with Crippen LogP contribution in [0.3, 0.4) is 0 Å². The summed E-state index contributed by atoms with van der Waals surface area (Å²) in [5, 5.41) is 3.67. The van der Waals surface area contributed by atoms with Crippen LogP contribution < -0.4 is 5.32 Å². The van der Waals surface area contributed by atoms with Crippen molar-refractivity contribution in [2.45, 2.75) is 24.9 Å². The van der Waals surface area contributed by atoms with E-state index in [1.807, 2.05) is 11.8 Å². The fourth-order valence-electron chi connectivity index (χ4n) is 2.19. The van der Waals surface area contributed by atoms with Crippen molar-refractivity contribution >= 4 is 11.8 Å². The number of thioether (sulfide) groups is 1. The number of allylic oxidation sites excluding steroid dienone is 2. The van der Waals surface area contributed by atoms with Crippen LogP contribution in [0.15, 0.2) is 34.8 Å². The highest BCUT2D eigenvalue weighted by Gasteiger charge is 2.28. The minimum atomic E-state index is 0.507. The SMILES string of the molecule is C1=CC2NC3CCCSC3=CC2=C1. The van der Waals surface area contributed by atoms with Crippen molar-refractivity contribution in [2.24, 2.45) is 0 Å². The van der Waals surface area contributed by atoms with E-state index in [2.05, 4.69) is 29.6 Å². The molecular formula is C11H13NS. The molecule has 2 atom stereocenters. The fourth-order valence-corrected chi connectivity index (χ4v) is 3.34. The third-order valence-electron chi connectivity index (χ3n) is 2.89. The summed E-state index contributed by atoms with van der Waals surface area (Å²) in [5.41, 5.74) is 1.45. The first-order valence-corrected chi connectivity index (χ1v) is 5.91. The standard InChI is InChI=1S/C11H13NS/c1-3-8-7-11-10(5-2-6-13-11)12-9(8)4-1/h1,3-4,7,9-10,12H,2,5-6H2. The van der Waals surface area contributed by atoms with Gasteiger partial charge in [-0.3, -0.25) is 5.32 Å². The smallest absolute Gasteiger partial charge is 0.0514 e. The highest BCUT2D eigenvalue weighted by Crippen LogP contribution is 2.35. The molecule has 3 rings (SSSR count). The lowest BCUT2D eigenvalue weighted by molar-refractivity contribution is 0.512. The number of rotatable bonds is 0. The second kappa shape index (κ2) is 3.03. The van der Waals surface area contributed by atoms with Gasteiger partial charge in [-0.05, 0) is 30.2 Å². The van der Waals surface area contributed by atoms with Gasteiger partial charge < -0.3 is 0 Å². The molecule has 2 unspecified atom stereocenters. The molecule has 2 heteroatoms. The van der Waals surface area contributed by atoms with Gasteiger partial charge >= 0.3 is 0 Å². The maximum atomic E-state index is 3.67.